The molecular formula is C23H29BrF2N4O5. The zero-order valence-corrected chi connectivity index (χ0v) is 21.9. The molecule has 35 heavy (non-hydrogen) atoms. The number of anilines is 1. The summed E-state index contributed by atoms with van der Waals surface area (Å²) in [4.78, 5) is 38.1. The summed E-state index contributed by atoms with van der Waals surface area (Å²) in [6, 6.07) is 2.89. The Morgan fingerprint density at radius 2 is 1.63 bits per heavy atom. The van der Waals surface area contributed by atoms with Crippen molar-refractivity contribution in [3.8, 4) is 0 Å². The molecule has 0 saturated heterocycles. The molecule has 0 fully saturated rings. The number of aromatic nitrogens is 1. The minimum absolute atomic E-state index is 0.0595. The minimum atomic E-state index is -1.17. The van der Waals surface area contributed by atoms with Gasteiger partial charge in [-0.1, -0.05) is 0 Å². The monoisotopic (exact) mass is 558 g/mol. The number of carbonyl (C=O) groups excluding carboxylic acids is 3. The van der Waals surface area contributed by atoms with Gasteiger partial charge in [0.1, 0.15) is 29.0 Å². The predicted octanol–water partition coefficient (Wildman–Crippen LogP) is 4.56. The number of hydrogen-bond acceptors (Lipinski definition) is 5. The fraction of sp³-hybridized carbons (Fsp3) is 0.435. The molecule has 12 heteroatoms. The number of alkyl carbamates (subject to hydrolysis) is 1. The van der Waals surface area contributed by atoms with Crippen molar-refractivity contribution >= 4 is 39.5 Å². The zero-order valence-electron chi connectivity index (χ0n) is 20.3. The average Bonchev–Trinajstić information content (AvgIpc) is 3.02. The maximum atomic E-state index is 13.5. The number of nitrogens with zero attached hydrogens (tertiary/aromatic N) is 1. The van der Waals surface area contributed by atoms with Crippen LogP contribution in [0.3, 0.4) is 0 Å². The van der Waals surface area contributed by atoms with E-state index in [2.05, 4.69) is 32.0 Å². The molecule has 3 N–H and O–H groups in total. The highest BCUT2D eigenvalue weighted by molar-refractivity contribution is 9.10. The Morgan fingerprint density at radius 1 is 1.03 bits per heavy atom. The lowest BCUT2D eigenvalue weighted by Crippen LogP contribution is -2.51. The van der Waals surface area contributed by atoms with Crippen LogP contribution in [-0.2, 0) is 14.3 Å². The molecule has 0 spiro atoms. The average molecular weight is 559 g/mol. The largest absolute Gasteiger partial charge is 0.444 e. The fourth-order valence-corrected chi connectivity index (χ4v) is 3.19. The summed E-state index contributed by atoms with van der Waals surface area (Å²) in [6.45, 7) is 10.2. The van der Waals surface area contributed by atoms with Crippen LogP contribution in [0.1, 0.15) is 52.0 Å². The van der Waals surface area contributed by atoms with Gasteiger partial charge in [-0.3, -0.25) is 19.7 Å². The zero-order chi connectivity index (χ0) is 26.6. The number of halogens is 3. The van der Waals surface area contributed by atoms with Crippen molar-refractivity contribution in [3.63, 3.8) is 0 Å². The minimum Gasteiger partial charge on any atom is -0.444 e. The number of ether oxygens (including phenoxy) is 2. The van der Waals surface area contributed by atoms with Crippen LogP contribution < -0.4 is 16.1 Å². The summed E-state index contributed by atoms with van der Waals surface area (Å²) >= 11 is 3.22. The molecule has 0 bridgehead atoms. The highest BCUT2D eigenvalue weighted by Gasteiger charge is 2.28. The molecule has 9 nitrogen and oxygen atoms in total. The van der Waals surface area contributed by atoms with Crippen molar-refractivity contribution in [1.82, 2.24) is 9.99 Å². The molecule has 0 saturated carbocycles. The molecule has 2 rings (SSSR count). The maximum Gasteiger partial charge on any atom is 0.408 e. The Labute approximate surface area is 210 Å². The summed E-state index contributed by atoms with van der Waals surface area (Å²) in [5.41, 5.74) is 0.955. The third-order valence-electron chi connectivity index (χ3n) is 4.09. The second-order valence-corrected chi connectivity index (χ2v) is 10.4. The van der Waals surface area contributed by atoms with Crippen LogP contribution in [0.5, 0.6) is 0 Å². The van der Waals surface area contributed by atoms with Crippen molar-refractivity contribution < 1.29 is 32.6 Å². The molecule has 3 amide bonds. The Bertz CT molecular complexity index is 1070. The lowest BCUT2D eigenvalue weighted by molar-refractivity contribution is -0.122. The molecule has 0 unspecified atom stereocenters. The predicted molar refractivity (Wildman–Crippen MR) is 130 cm³/mol. The van der Waals surface area contributed by atoms with Crippen molar-refractivity contribution in [2.45, 2.75) is 58.8 Å². The quantitative estimate of drug-likeness (QED) is 0.461. The second-order valence-electron chi connectivity index (χ2n) is 9.59. The van der Waals surface area contributed by atoms with E-state index < -0.39 is 46.8 Å². The van der Waals surface area contributed by atoms with Gasteiger partial charge in [-0.2, -0.15) is 0 Å². The first kappa shape index (κ1) is 28.2. The van der Waals surface area contributed by atoms with Gasteiger partial charge in [0.15, 0.2) is 0 Å². The van der Waals surface area contributed by atoms with Crippen molar-refractivity contribution in [2.75, 3.05) is 17.3 Å². The first-order valence-corrected chi connectivity index (χ1v) is 11.4. The van der Waals surface area contributed by atoms with E-state index in [-0.39, 0.29) is 18.0 Å². The Balaban J connectivity index is 2.22. The summed E-state index contributed by atoms with van der Waals surface area (Å²) < 4.78 is 39.3. The third-order valence-corrected chi connectivity index (χ3v) is 4.73. The van der Waals surface area contributed by atoms with Crippen LogP contribution >= 0.6 is 15.9 Å². The first-order chi connectivity index (χ1) is 16.0. The van der Waals surface area contributed by atoms with Gasteiger partial charge in [-0.15, -0.1) is 0 Å². The van der Waals surface area contributed by atoms with E-state index >= 15 is 0 Å². The SMILES string of the molecule is CC(C)(C)OC[C@H](NC(=O)OC(C)(C)C)C(=O)Nn1ccc(Br)c1C(=O)Nc1cc(F)cc(F)c1. The van der Waals surface area contributed by atoms with Gasteiger partial charge in [0.05, 0.1) is 16.7 Å². The number of carbonyl (C=O) groups is 3. The first-order valence-electron chi connectivity index (χ1n) is 10.6. The van der Waals surface area contributed by atoms with Crippen LogP contribution in [0, 0.1) is 11.6 Å². The number of amides is 3. The van der Waals surface area contributed by atoms with Crippen molar-refractivity contribution in [2.24, 2.45) is 0 Å². The van der Waals surface area contributed by atoms with Crippen molar-refractivity contribution in [1.29, 1.82) is 0 Å². The molecule has 1 heterocycles. The smallest absolute Gasteiger partial charge is 0.408 e. The van der Waals surface area contributed by atoms with Gasteiger partial charge in [0.25, 0.3) is 11.8 Å². The van der Waals surface area contributed by atoms with E-state index in [1.807, 2.05) is 0 Å². The highest BCUT2D eigenvalue weighted by atomic mass is 79.9. The molecular weight excluding hydrogens is 530 g/mol. The summed E-state index contributed by atoms with van der Waals surface area (Å²) in [5.74, 6) is -3.18. The molecule has 0 aliphatic rings. The van der Waals surface area contributed by atoms with Crippen LogP contribution in [0.4, 0.5) is 19.3 Å². The van der Waals surface area contributed by atoms with Gasteiger partial charge in [0.2, 0.25) is 0 Å². The summed E-state index contributed by atoms with van der Waals surface area (Å²) in [5, 5.41) is 4.84. The number of hydrogen-bond donors (Lipinski definition) is 3. The second kappa shape index (κ2) is 11.2. The Hall–Kier alpha value is -2.99. The van der Waals surface area contributed by atoms with Crippen molar-refractivity contribution in [3.05, 3.63) is 52.3 Å². The highest BCUT2D eigenvalue weighted by Crippen LogP contribution is 2.20. The fourth-order valence-electron chi connectivity index (χ4n) is 2.70. The molecule has 0 radical (unpaired) electrons. The molecule has 1 aromatic heterocycles. The lowest BCUT2D eigenvalue weighted by atomic mass is 10.2. The van der Waals surface area contributed by atoms with E-state index in [9.17, 15) is 23.2 Å². The van der Waals surface area contributed by atoms with Gasteiger partial charge in [-0.05, 0) is 75.7 Å². The third kappa shape index (κ3) is 9.29. The van der Waals surface area contributed by atoms with Crippen LogP contribution in [0.25, 0.3) is 0 Å². The molecule has 2 aromatic rings. The lowest BCUT2D eigenvalue weighted by Gasteiger charge is -2.26. The Kier molecular flexibility index (Phi) is 9.01. The molecule has 192 valence electrons. The van der Waals surface area contributed by atoms with E-state index in [0.717, 1.165) is 16.8 Å². The number of benzene rings is 1. The molecule has 1 atom stereocenters. The van der Waals surface area contributed by atoms with E-state index in [0.29, 0.717) is 10.5 Å². The van der Waals surface area contributed by atoms with Crippen LogP contribution in [0.15, 0.2) is 34.9 Å². The van der Waals surface area contributed by atoms with E-state index in [1.165, 1.54) is 12.3 Å². The standard InChI is InChI=1S/C23H29BrF2N4O5/c1-22(2,3)34-12-17(28-21(33)35-23(4,5)6)19(31)29-30-8-7-16(24)18(30)20(32)27-15-10-13(25)9-14(26)11-15/h7-11,17H,12H2,1-6H3,(H,27,32)(H,28,33)(H,29,31)/t17-/m0/s1. The van der Waals surface area contributed by atoms with E-state index in [4.69, 9.17) is 9.47 Å². The Morgan fingerprint density at radius 3 is 2.17 bits per heavy atom. The van der Waals surface area contributed by atoms with Crippen LogP contribution in [0.2, 0.25) is 0 Å². The van der Waals surface area contributed by atoms with Crippen LogP contribution in [-0.4, -0.2) is 46.4 Å². The van der Waals surface area contributed by atoms with Gasteiger partial charge >= 0.3 is 6.09 Å². The molecule has 1 aromatic carbocycles. The number of nitrogens with one attached hydrogen (secondary N) is 3. The van der Waals surface area contributed by atoms with E-state index in [1.54, 1.807) is 41.5 Å². The topological polar surface area (TPSA) is 111 Å². The van der Waals surface area contributed by atoms with Gasteiger partial charge < -0.3 is 20.1 Å². The molecule has 0 aliphatic carbocycles. The number of rotatable bonds is 7. The maximum absolute atomic E-state index is 13.5. The summed E-state index contributed by atoms with van der Waals surface area (Å²) in [6.07, 6.45) is 0.563. The normalized spacial score (nSPS) is 12.6. The summed E-state index contributed by atoms with van der Waals surface area (Å²) in [7, 11) is 0. The van der Waals surface area contributed by atoms with Gasteiger partial charge in [0, 0.05) is 18.0 Å². The molecule has 0 aliphatic heterocycles. The van der Waals surface area contributed by atoms with Gasteiger partial charge in [-0.25, -0.2) is 13.6 Å².